The molecule has 0 amide bonds. The lowest BCUT2D eigenvalue weighted by molar-refractivity contribution is 0.0818. The smallest absolute Gasteiger partial charge is 0.284 e. The average molecular weight is 321 g/mol. The number of carbonyl (C=O) groups excluding carboxylic acids is 1. The van der Waals surface area contributed by atoms with Gasteiger partial charge in [0, 0.05) is 10.7 Å². The number of rotatable bonds is 4. The number of halogens is 1. The third-order valence-electron chi connectivity index (χ3n) is 3.80. The van der Waals surface area contributed by atoms with Crippen molar-refractivity contribution >= 4 is 17.5 Å². The van der Waals surface area contributed by atoms with Crippen molar-refractivity contribution in [2.24, 2.45) is 0 Å². The van der Waals surface area contributed by atoms with Crippen molar-refractivity contribution in [1.29, 1.82) is 0 Å². The highest BCUT2D eigenvalue weighted by Gasteiger charge is 2.16. The molecular weight excluding hydrogens is 300 g/mol. The highest BCUT2D eigenvalue weighted by Crippen LogP contribution is 2.25. The maximum absolute atomic E-state index is 12.3. The van der Waals surface area contributed by atoms with Crippen molar-refractivity contribution in [3.8, 4) is 5.75 Å². The van der Waals surface area contributed by atoms with Gasteiger partial charge in [-0.1, -0.05) is 18.5 Å². The number of carbonyl (C=O) groups is 1. The van der Waals surface area contributed by atoms with Gasteiger partial charge in [-0.3, -0.25) is 4.79 Å². The zero-order valence-corrected chi connectivity index (χ0v) is 14.4. The van der Waals surface area contributed by atoms with Gasteiger partial charge in [0.05, 0.1) is 5.69 Å². The molecule has 0 fully saturated rings. The van der Waals surface area contributed by atoms with Crippen LogP contribution < -0.4 is 4.74 Å². The number of benzene rings is 1. The van der Waals surface area contributed by atoms with Crippen molar-refractivity contribution in [2.45, 2.75) is 41.0 Å². The van der Waals surface area contributed by atoms with Gasteiger partial charge >= 0.3 is 0 Å². The molecule has 1 heterocycles. The first-order chi connectivity index (χ1) is 10.3. The number of hydrogen-bond acceptors (Lipinski definition) is 3. The van der Waals surface area contributed by atoms with Gasteiger partial charge in [0.15, 0.2) is 6.61 Å². The molecule has 0 atom stereocenters. The Bertz CT molecular complexity index is 697. The monoisotopic (exact) mass is 320 g/mol. The molecule has 0 radical (unpaired) electrons. The molecule has 0 saturated heterocycles. The normalized spacial score (nSPS) is 10.8. The highest BCUT2D eigenvalue weighted by atomic mass is 35.5. The Balaban J connectivity index is 2.14. The van der Waals surface area contributed by atoms with Gasteiger partial charge in [-0.2, -0.15) is 5.10 Å². The Labute approximate surface area is 136 Å². The summed E-state index contributed by atoms with van der Waals surface area (Å²) in [5.41, 5.74) is 4.77. The first-order valence-electron chi connectivity index (χ1n) is 7.33. The molecule has 2 rings (SSSR count). The molecule has 0 aliphatic rings. The summed E-state index contributed by atoms with van der Waals surface area (Å²) in [6.07, 6.45) is 0.862. The van der Waals surface area contributed by atoms with Crippen LogP contribution in [0.25, 0.3) is 0 Å². The molecule has 22 heavy (non-hydrogen) atoms. The van der Waals surface area contributed by atoms with Crippen LogP contribution in [-0.2, 0) is 6.42 Å². The maximum Gasteiger partial charge on any atom is 0.284 e. The fraction of sp³-hybridized carbons (Fsp3) is 0.412. The van der Waals surface area contributed by atoms with E-state index in [4.69, 9.17) is 16.3 Å². The van der Waals surface area contributed by atoms with Crippen molar-refractivity contribution in [1.82, 2.24) is 9.78 Å². The number of nitrogens with zero attached hydrogens (tertiary/aromatic N) is 2. The van der Waals surface area contributed by atoms with E-state index in [1.165, 1.54) is 4.68 Å². The third kappa shape index (κ3) is 3.17. The van der Waals surface area contributed by atoms with Gasteiger partial charge in [-0.15, -0.1) is 0 Å². The molecule has 0 N–H and O–H groups in total. The van der Waals surface area contributed by atoms with E-state index in [1.807, 2.05) is 39.8 Å². The Morgan fingerprint density at radius 1 is 1.23 bits per heavy atom. The summed E-state index contributed by atoms with van der Waals surface area (Å²) in [5, 5.41) is 5.04. The van der Waals surface area contributed by atoms with E-state index in [9.17, 15) is 4.79 Å². The van der Waals surface area contributed by atoms with Crippen LogP contribution in [0.2, 0.25) is 5.02 Å². The number of aromatic nitrogens is 2. The minimum Gasteiger partial charge on any atom is -0.484 e. The van der Waals surface area contributed by atoms with E-state index in [2.05, 4.69) is 12.0 Å². The van der Waals surface area contributed by atoms with Crippen LogP contribution in [0.5, 0.6) is 5.75 Å². The largest absolute Gasteiger partial charge is 0.484 e. The maximum atomic E-state index is 12.3. The second kappa shape index (κ2) is 6.53. The summed E-state index contributed by atoms with van der Waals surface area (Å²) >= 11 is 6.13. The molecule has 118 valence electrons. The Kier molecular flexibility index (Phi) is 4.91. The van der Waals surface area contributed by atoms with Gasteiger partial charge in [0.1, 0.15) is 5.75 Å². The summed E-state index contributed by atoms with van der Waals surface area (Å²) in [5.74, 6) is 0.468. The summed E-state index contributed by atoms with van der Waals surface area (Å²) < 4.78 is 7.04. The van der Waals surface area contributed by atoms with E-state index in [-0.39, 0.29) is 12.5 Å². The van der Waals surface area contributed by atoms with E-state index in [1.54, 1.807) is 0 Å². The summed E-state index contributed by atoms with van der Waals surface area (Å²) in [7, 11) is 0. The zero-order chi connectivity index (χ0) is 16.4. The standard InChI is InChI=1S/C17H21ClN2O2/c1-6-15-12(4)19-20(13(15)5)16(21)9-22-14-7-10(2)17(18)11(3)8-14/h7-8H,6,9H2,1-5H3. The SMILES string of the molecule is CCc1c(C)nn(C(=O)COc2cc(C)c(Cl)c(C)c2)c1C. The molecule has 5 heteroatoms. The Morgan fingerprint density at radius 2 is 1.82 bits per heavy atom. The van der Waals surface area contributed by atoms with E-state index >= 15 is 0 Å². The first-order valence-corrected chi connectivity index (χ1v) is 7.70. The average Bonchev–Trinajstić information content (AvgIpc) is 2.76. The van der Waals surface area contributed by atoms with Crippen LogP contribution >= 0.6 is 11.6 Å². The zero-order valence-electron chi connectivity index (χ0n) is 13.7. The van der Waals surface area contributed by atoms with Gasteiger partial charge in [-0.05, 0) is 62.9 Å². The molecule has 1 aromatic carbocycles. The summed E-state index contributed by atoms with van der Waals surface area (Å²) in [6, 6.07) is 3.67. The number of aryl methyl sites for hydroxylation is 3. The third-order valence-corrected chi connectivity index (χ3v) is 4.40. The lowest BCUT2D eigenvalue weighted by atomic mass is 10.1. The molecular formula is C17H21ClN2O2. The predicted octanol–water partition coefficient (Wildman–Crippen LogP) is 4.05. The number of hydrogen-bond donors (Lipinski definition) is 0. The Hall–Kier alpha value is -1.81. The Morgan fingerprint density at radius 3 is 2.32 bits per heavy atom. The van der Waals surface area contributed by atoms with Crippen molar-refractivity contribution in [3.63, 3.8) is 0 Å². The molecule has 1 aromatic heterocycles. The van der Waals surface area contributed by atoms with Crippen molar-refractivity contribution < 1.29 is 9.53 Å². The number of ether oxygens (including phenoxy) is 1. The second-order valence-corrected chi connectivity index (χ2v) is 5.85. The van der Waals surface area contributed by atoms with Gasteiger partial charge in [0.25, 0.3) is 5.91 Å². The minimum atomic E-state index is -0.175. The molecule has 4 nitrogen and oxygen atoms in total. The molecule has 0 aliphatic heterocycles. The molecule has 0 spiro atoms. The topological polar surface area (TPSA) is 44.1 Å². The lowest BCUT2D eigenvalue weighted by Gasteiger charge is -2.10. The van der Waals surface area contributed by atoms with Gasteiger partial charge in [-0.25, -0.2) is 4.68 Å². The quantitative estimate of drug-likeness (QED) is 0.853. The molecule has 0 saturated carbocycles. The van der Waals surface area contributed by atoms with E-state index in [0.29, 0.717) is 5.75 Å². The van der Waals surface area contributed by atoms with Gasteiger partial charge < -0.3 is 4.74 Å². The predicted molar refractivity (Wildman–Crippen MR) is 88.1 cm³/mol. The van der Waals surface area contributed by atoms with Crippen LogP contribution in [0.3, 0.4) is 0 Å². The van der Waals surface area contributed by atoms with Crippen LogP contribution in [0.4, 0.5) is 0 Å². The molecule has 0 bridgehead atoms. The van der Waals surface area contributed by atoms with E-state index in [0.717, 1.165) is 39.5 Å². The van der Waals surface area contributed by atoms with Gasteiger partial charge in [0.2, 0.25) is 0 Å². The highest BCUT2D eigenvalue weighted by molar-refractivity contribution is 6.32. The minimum absolute atomic E-state index is 0.0500. The molecule has 0 aliphatic carbocycles. The van der Waals surface area contributed by atoms with Crippen LogP contribution in [-0.4, -0.2) is 22.3 Å². The second-order valence-electron chi connectivity index (χ2n) is 5.47. The van der Waals surface area contributed by atoms with Crippen LogP contribution in [0.1, 0.15) is 39.8 Å². The van der Waals surface area contributed by atoms with Crippen molar-refractivity contribution in [3.05, 3.63) is 45.2 Å². The fourth-order valence-electron chi connectivity index (χ4n) is 2.63. The summed E-state index contributed by atoms with van der Waals surface area (Å²) in [6.45, 7) is 9.67. The molecule has 2 aromatic rings. The van der Waals surface area contributed by atoms with Crippen LogP contribution in [0, 0.1) is 27.7 Å². The first kappa shape index (κ1) is 16.6. The van der Waals surface area contributed by atoms with Crippen LogP contribution in [0.15, 0.2) is 12.1 Å². The summed E-state index contributed by atoms with van der Waals surface area (Å²) in [4.78, 5) is 12.3. The molecule has 0 unspecified atom stereocenters. The van der Waals surface area contributed by atoms with Crippen molar-refractivity contribution in [2.75, 3.05) is 6.61 Å². The lowest BCUT2D eigenvalue weighted by Crippen LogP contribution is -2.21. The fourth-order valence-corrected chi connectivity index (χ4v) is 2.73. The van der Waals surface area contributed by atoms with E-state index < -0.39 is 0 Å².